The van der Waals surface area contributed by atoms with Crippen molar-refractivity contribution in [2.45, 2.75) is 20.4 Å². The van der Waals surface area contributed by atoms with Crippen LogP contribution in [0.3, 0.4) is 0 Å². The maximum atomic E-state index is 6.20. The Kier molecular flexibility index (Phi) is 5.10. The molecule has 1 aliphatic heterocycles. The summed E-state index contributed by atoms with van der Waals surface area (Å²) in [6, 6.07) is 25.4. The molecule has 0 amide bonds. The van der Waals surface area contributed by atoms with Gasteiger partial charge in [0, 0.05) is 59.4 Å². The van der Waals surface area contributed by atoms with Gasteiger partial charge in [0.2, 0.25) is 0 Å². The molecule has 0 spiro atoms. The molecule has 6 nitrogen and oxygen atoms in total. The maximum absolute atomic E-state index is 6.20. The Morgan fingerprint density at radius 2 is 1.39 bits per heavy atom. The molecule has 6 heteroatoms. The predicted molar refractivity (Wildman–Crippen MR) is 168 cm³/mol. The van der Waals surface area contributed by atoms with Crippen LogP contribution in [0.2, 0.25) is 0 Å². The van der Waals surface area contributed by atoms with Crippen molar-refractivity contribution in [2.24, 2.45) is 7.05 Å². The Morgan fingerprint density at radius 3 is 2.07 bits per heavy atom. The van der Waals surface area contributed by atoms with Crippen molar-refractivity contribution in [3.63, 3.8) is 0 Å². The van der Waals surface area contributed by atoms with Crippen LogP contribution in [0.15, 0.2) is 99.6 Å². The Labute approximate surface area is 237 Å². The van der Waals surface area contributed by atoms with Crippen LogP contribution >= 0.6 is 0 Å². The number of imidazole rings is 1. The molecule has 0 fully saturated rings. The van der Waals surface area contributed by atoms with E-state index in [4.69, 9.17) is 8.83 Å². The van der Waals surface area contributed by atoms with E-state index in [0.717, 1.165) is 68.6 Å². The van der Waals surface area contributed by atoms with E-state index in [1.165, 1.54) is 22.4 Å². The Hall–Kier alpha value is -4.97. The van der Waals surface area contributed by atoms with Crippen molar-refractivity contribution in [3.05, 3.63) is 96.6 Å². The number of hydrogen-bond acceptors (Lipinski definition) is 4. The van der Waals surface area contributed by atoms with Crippen molar-refractivity contribution in [1.82, 2.24) is 4.57 Å². The highest BCUT2D eigenvalue weighted by molar-refractivity contribution is 6.10. The Balaban J connectivity index is 1.21. The average molecular weight is 540 g/mol. The quantitative estimate of drug-likeness (QED) is 0.212. The number of allylic oxidation sites excluding steroid dienone is 2. The molecule has 0 atom stereocenters. The highest BCUT2D eigenvalue weighted by Crippen LogP contribution is 2.45. The summed E-state index contributed by atoms with van der Waals surface area (Å²) >= 11 is 0. The van der Waals surface area contributed by atoms with Gasteiger partial charge in [-0.3, -0.25) is 0 Å². The summed E-state index contributed by atoms with van der Waals surface area (Å²) in [4.78, 5) is 4.63. The van der Waals surface area contributed by atoms with E-state index >= 15 is 0 Å². The van der Waals surface area contributed by atoms with Gasteiger partial charge in [-0.05, 0) is 38.1 Å². The normalized spacial score (nSPS) is 14.9. The SMILES string of the molecule is CCN1C(=CC=Cc2n(CC)c3cc4oc5ccccc5c4cc3[n+]2C)N(C)c2cc3c(cc21)oc1ccccc13. The molecule has 41 heavy (non-hydrogen) atoms. The van der Waals surface area contributed by atoms with E-state index in [9.17, 15) is 0 Å². The molecule has 8 rings (SSSR count). The predicted octanol–water partition coefficient (Wildman–Crippen LogP) is 8.12. The summed E-state index contributed by atoms with van der Waals surface area (Å²) in [6.07, 6.45) is 6.58. The fourth-order valence-corrected chi connectivity index (χ4v) is 6.61. The number of hydrogen-bond donors (Lipinski definition) is 0. The average Bonchev–Trinajstić information content (AvgIpc) is 3.69. The second kappa shape index (κ2) is 8.77. The van der Waals surface area contributed by atoms with Crippen LogP contribution in [0.25, 0.3) is 61.0 Å². The largest absolute Gasteiger partial charge is 0.456 e. The molecule has 7 aromatic rings. The minimum Gasteiger partial charge on any atom is -0.456 e. The molecule has 0 saturated carbocycles. The zero-order valence-corrected chi connectivity index (χ0v) is 23.7. The van der Waals surface area contributed by atoms with E-state index in [-0.39, 0.29) is 0 Å². The van der Waals surface area contributed by atoms with Gasteiger partial charge in [-0.15, -0.1) is 0 Å². The Bertz CT molecular complexity index is 2230. The van der Waals surface area contributed by atoms with Crippen LogP contribution in [-0.4, -0.2) is 18.2 Å². The Morgan fingerprint density at radius 1 is 0.732 bits per heavy atom. The molecule has 202 valence electrons. The molecular weight excluding hydrogens is 508 g/mol. The first-order valence-corrected chi connectivity index (χ1v) is 14.3. The topological polar surface area (TPSA) is 41.6 Å². The first-order valence-electron chi connectivity index (χ1n) is 14.3. The summed E-state index contributed by atoms with van der Waals surface area (Å²) in [5, 5.41) is 4.60. The minimum atomic E-state index is 0.860. The number of anilines is 2. The number of aryl methyl sites for hydroxylation is 2. The zero-order chi connectivity index (χ0) is 27.8. The van der Waals surface area contributed by atoms with Crippen LogP contribution in [0.1, 0.15) is 19.7 Å². The van der Waals surface area contributed by atoms with E-state index < -0.39 is 0 Å². The standard InChI is InChI=1S/C35H31N4O2/c1-5-38-28-20-32-24(22-12-7-9-14-30(22)40-32)18-26(28)36(3)34(38)16-11-17-35-37(4)27-19-25-23-13-8-10-15-31(23)41-33(25)21-29(27)39(35)6-2/h7-21H,5-6H2,1-4H3/q+1. The fourth-order valence-electron chi connectivity index (χ4n) is 6.61. The van der Waals surface area contributed by atoms with Crippen molar-refractivity contribution >= 4 is 72.4 Å². The highest BCUT2D eigenvalue weighted by Gasteiger charge is 2.29. The van der Waals surface area contributed by atoms with Gasteiger partial charge >= 0.3 is 0 Å². The third kappa shape index (κ3) is 3.34. The van der Waals surface area contributed by atoms with Gasteiger partial charge in [-0.25, -0.2) is 9.13 Å². The lowest BCUT2D eigenvalue weighted by Crippen LogP contribution is -2.31. The highest BCUT2D eigenvalue weighted by atomic mass is 16.3. The van der Waals surface area contributed by atoms with Gasteiger partial charge in [-0.1, -0.05) is 42.5 Å². The van der Waals surface area contributed by atoms with E-state index in [1.807, 2.05) is 24.3 Å². The number of aromatic nitrogens is 2. The van der Waals surface area contributed by atoms with Gasteiger partial charge in [0.25, 0.3) is 5.82 Å². The molecule has 0 unspecified atom stereocenters. The fraction of sp³-hybridized carbons (Fsp3) is 0.171. The number of para-hydroxylation sites is 2. The monoisotopic (exact) mass is 539 g/mol. The molecule has 3 aromatic heterocycles. The molecule has 0 radical (unpaired) electrons. The first-order chi connectivity index (χ1) is 20.1. The third-order valence-electron chi connectivity index (χ3n) is 8.62. The summed E-state index contributed by atoms with van der Waals surface area (Å²) in [6.45, 7) is 6.10. The number of nitrogens with zero attached hydrogens (tertiary/aromatic N) is 4. The molecular formula is C35H31N4O2+. The summed E-state index contributed by atoms with van der Waals surface area (Å²) in [5.41, 5.74) is 8.42. The molecule has 0 saturated heterocycles. The summed E-state index contributed by atoms with van der Waals surface area (Å²) in [5.74, 6) is 2.28. The van der Waals surface area contributed by atoms with E-state index in [1.54, 1.807) is 0 Å². The third-order valence-corrected chi connectivity index (χ3v) is 8.62. The second-order valence-electron chi connectivity index (χ2n) is 10.7. The van der Waals surface area contributed by atoms with Gasteiger partial charge in [0.15, 0.2) is 11.0 Å². The van der Waals surface area contributed by atoms with Gasteiger partial charge in [-0.2, -0.15) is 0 Å². The van der Waals surface area contributed by atoms with Crippen molar-refractivity contribution in [1.29, 1.82) is 0 Å². The van der Waals surface area contributed by atoms with Gasteiger partial charge in [0.1, 0.15) is 28.2 Å². The van der Waals surface area contributed by atoms with E-state index in [0.29, 0.717) is 0 Å². The molecule has 4 aromatic carbocycles. The van der Waals surface area contributed by atoms with Crippen LogP contribution in [0.4, 0.5) is 11.4 Å². The lowest BCUT2D eigenvalue weighted by Gasteiger charge is -2.20. The van der Waals surface area contributed by atoms with Crippen LogP contribution in [-0.2, 0) is 13.6 Å². The molecule has 0 bridgehead atoms. The summed E-state index contributed by atoms with van der Waals surface area (Å²) in [7, 11) is 4.29. The number of benzene rings is 4. The number of furan rings is 2. The lowest BCUT2D eigenvalue weighted by atomic mass is 10.1. The van der Waals surface area contributed by atoms with Crippen LogP contribution in [0.5, 0.6) is 0 Å². The summed E-state index contributed by atoms with van der Waals surface area (Å²) < 4.78 is 17.0. The zero-order valence-electron chi connectivity index (χ0n) is 23.7. The number of rotatable bonds is 4. The number of fused-ring (bicyclic) bond motifs is 8. The van der Waals surface area contributed by atoms with Crippen molar-refractivity contribution < 1.29 is 13.4 Å². The molecule has 1 aliphatic rings. The molecule has 0 N–H and O–H groups in total. The lowest BCUT2D eigenvalue weighted by molar-refractivity contribution is -0.647. The van der Waals surface area contributed by atoms with Crippen molar-refractivity contribution in [2.75, 3.05) is 23.4 Å². The molecule has 0 aliphatic carbocycles. The van der Waals surface area contributed by atoms with Crippen molar-refractivity contribution in [3.8, 4) is 0 Å². The maximum Gasteiger partial charge on any atom is 0.282 e. The van der Waals surface area contributed by atoms with Gasteiger partial charge < -0.3 is 18.6 Å². The van der Waals surface area contributed by atoms with E-state index in [2.05, 4.69) is 114 Å². The van der Waals surface area contributed by atoms with Crippen LogP contribution in [0, 0.1) is 0 Å². The van der Waals surface area contributed by atoms with Gasteiger partial charge in [0.05, 0.1) is 25.0 Å². The minimum absolute atomic E-state index is 0.860. The smallest absolute Gasteiger partial charge is 0.282 e. The first kappa shape index (κ1) is 23.9. The van der Waals surface area contributed by atoms with Crippen LogP contribution < -0.4 is 14.4 Å². The second-order valence-corrected chi connectivity index (χ2v) is 10.7. The molecule has 4 heterocycles.